The van der Waals surface area contributed by atoms with Crippen molar-refractivity contribution < 1.29 is 23.5 Å². The molecule has 1 aromatic heterocycles. The van der Waals surface area contributed by atoms with Gasteiger partial charge in [-0.2, -0.15) is 0 Å². The summed E-state index contributed by atoms with van der Waals surface area (Å²) in [4.78, 5) is 38.0. The van der Waals surface area contributed by atoms with Gasteiger partial charge in [0.25, 0.3) is 0 Å². The second-order valence-electron chi connectivity index (χ2n) is 6.18. The predicted molar refractivity (Wildman–Crippen MR) is 109 cm³/mol. The predicted octanol–water partition coefficient (Wildman–Crippen LogP) is 2.95. The molecule has 2 aromatic carbocycles. The Balaban J connectivity index is 2.11. The number of benzene rings is 2. The fourth-order valence-corrected chi connectivity index (χ4v) is 4.28. The summed E-state index contributed by atoms with van der Waals surface area (Å²) >= 11 is 1.01. The van der Waals surface area contributed by atoms with Crippen molar-refractivity contribution in [2.45, 2.75) is 4.90 Å². The van der Waals surface area contributed by atoms with Gasteiger partial charge in [-0.25, -0.2) is 14.4 Å². The molecule has 29 heavy (non-hydrogen) atoms. The van der Waals surface area contributed by atoms with E-state index in [-0.39, 0.29) is 21.7 Å². The molecule has 0 aliphatic carbocycles. The Bertz CT molecular complexity index is 1320. The van der Waals surface area contributed by atoms with E-state index in [4.69, 9.17) is 19.6 Å². The Morgan fingerprint density at radius 1 is 1.00 bits per heavy atom. The van der Waals surface area contributed by atoms with Crippen LogP contribution in [0.2, 0.25) is 0 Å². The smallest absolute Gasteiger partial charge is 0.344 e. The van der Waals surface area contributed by atoms with E-state index < -0.39 is 17.6 Å². The summed E-state index contributed by atoms with van der Waals surface area (Å²) in [6.07, 6.45) is 1.26. The van der Waals surface area contributed by atoms with Crippen LogP contribution in [0.25, 0.3) is 27.8 Å². The average Bonchev–Trinajstić information content (AvgIpc) is 2.89. The van der Waals surface area contributed by atoms with Gasteiger partial charge in [0.1, 0.15) is 11.2 Å². The molecule has 7 nitrogen and oxygen atoms in total. The minimum Gasteiger partial charge on any atom is -0.465 e. The van der Waals surface area contributed by atoms with Gasteiger partial charge in [-0.3, -0.25) is 0 Å². The first kappa shape index (κ1) is 18.8. The van der Waals surface area contributed by atoms with E-state index in [0.29, 0.717) is 15.9 Å². The lowest BCUT2D eigenvalue weighted by molar-refractivity contribution is -0.139. The van der Waals surface area contributed by atoms with Gasteiger partial charge in [0.15, 0.2) is 0 Å². The van der Waals surface area contributed by atoms with Crippen LogP contribution in [0.1, 0.15) is 5.56 Å². The third kappa shape index (κ3) is 2.98. The molecule has 3 aromatic rings. The standard InChI is InChI=1S/C21H15NO6S/c1-26-19(23)13-9-14-17(29-18(22)15(13)21(25)27-2)12-8-7-10-5-3-4-6-11(10)16(12)28-20(14)24/h3-9H,22H2,1-2H3. The molecule has 0 amide bonds. The van der Waals surface area contributed by atoms with Crippen LogP contribution in [-0.2, 0) is 19.1 Å². The fourth-order valence-electron chi connectivity index (χ4n) is 3.25. The van der Waals surface area contributed by atoms with Crippen molar-refractivity contribution in [1.29, 1.82) is 0 Å². The normalized spacial score (nSPS) is 13.7. The van der Waals surface area contributed by atoms with Crippen molar-refractivity contribution in [3.8, 4) is 0 Å². The van der Waals surface area contributed by atoms with Crippen molar-refractivity contribution >= 4 is 51.5 Å². The maximum absolute atomic E-state index is 12.8. The Hall–Kier alpha value is -3.52. The molecule has 2 heterocycles. The number of thioether (sulfide) groups is 1. The van der Waals surface area contributed by atoms with E-state index in [9.17, 15) is 14.4 Å². The highest BCUT2D eigenvalue weighted by Crippen LogP contribution is 2.41. The van der Waals surface area contributed by atoms with Gasteiger partial charge in [0.05, 0.1) is 30.4 Å². The Morgan fingerprint density at radius 3 is 2.45 bits per heavy atom. The van der Waals surface area contributed by atoms with Crippen LogP contribution in [-0.4, -0.2) is 26.2 Å². The molecule has 0 saturated carbocycles. The van der Waals surface area contributed by atoms with E-state index in [2.05, 4.69) is 0 Å². The Morgan fingerprint density at radius 2 is 1.72 bits per heavy atom. The average molecular weight is 409 g/mol. The number of carbonyl (C=O) groups is 2. The van der Waals surface area contributed by atoms with Gasteiger partial charge in [0.2, 0.25) is 0 Å². The first-order valence-electron chi connectivity index (χ1n) is 8.51. The van der Waals surface area contributed by atoms with E-state index in [1.54, 1.807) is 0 Å². The first-order chi connectivity index (χ1) is 14.0. The summed E-state index contributed by atoms with van der Waals surface area (Å²) in [5.74, 6) is -1.63. The number of nitrogens with two attached hydrogens (primary N) is 1. The highest BCUT2D eigenvalue weighted by Gasteiger charge is 2.31. The lowest BCUT2D eigenvalue weighted by Crippen LogP contribution is -2.18. The van der Waals surface area contributed by atoms with Gasteiger partial charge in [-0.05, 0) is 17.5 Å². The summed E-state index contributed by atoms with van der Waals surface area (Å²) in [7, 11) is 2.35. The molecular formula is C21H15NO6S. The largest absolute Gasteiger partial charge is 0.465 e. The number of esters is 2. The zero-order chi connectivity index (χ0) is 20.7. The fraction of sp³-hybridized carbons (Fsp3) is 0.0952. The van der Waals surface area contributed by atoms with Crippen LogP contribution >= 0.6 is 11.8 Å². The van der Waals surface area contributed by atoms with Crippen molar-refractivity contribution in [2.24, 2.45) is 5.73 Å². The van der Waals surface area contributed by atoms with Crippen molar-refractivity contribution in [1.82, 2.24) is 0 Å². The van der Waals surface area contributed by atoms with Crippen LogP contribution < -0.4 is 11.4 Å². The first-order valence-corrected chi connectivity index (χ1v) is 9.32. The number of carbonyl (C=O) groups excluding carboxylic acids is 2. The highest BCUT2D eigenvalue weighted by molar-refractivity contribution is 8.03. The summed E-state index contributed by atoms with van der Waals surface area (Å²) < 4.78 is 15.2. The van der Waals surface area contributed by atoms with Crippen molar-refractivity contribution in [3.63, 3.8) is 0 Å². The maximum atomic E-state index is 12.8. The van der Waals surface area contributed by atoms with Crippen LogP contribution in [0.4, 0.5) is 0 Å². The number of hydrogen-bond acceptors (Lipinski definition) is 8. The SMILES string of the molecule is COC(=O)C1=Cc2c(c3ccc4ccccc4c3oc2=O)SC(N)=C1C(=O)OC. The molecule has 1 aliphatic heterocycles. The summed E-state index contributed by atoms with van der Waals surface area (Å²) in [5, 5.41) is 2.33. The van der Waals surface area contributed by atoms with Crippen LogP contribution in [0, 0.1) is 0 Å². The molecule has 0 saturated heterocycles. The molecule has 0 fully saturated rings. The molecular weight excluding hydrogens is 394 g/mol. The minimum absolute atomic E-state index is 0.0207. The zero-order valence-corrected chi connectivity index (χ0v) is 16.3. The van der Waals surface area contributed by atoms with Crippen LogP contribution in [0.3, 0.4) is 0 Å². The maximum Gasteiger partial charge on any atom is 0.344 e. The lowest BCUT2D eigenvalue weighted by Gasteiger charge is -2.10. The van der Waals surface area contributed by atoms with Gasteiger partial charge in [-0.15, -0.1) is 0 Å². The second-order valence-corrected chi connectivity index (χ2v) is 7.23. The number of rotatable bonds is 2. The summed E-state index contributed by atoms with van der Waals surface area (Å²) in [6.45, 7) is 0. The third-order valence-corrected chi connectivity index (χ3v) is 5.66. The Labute approximate surface area is 168 Å². The van der Waals surface area contributed by atoms with E-state index in [0.717, 1.165) is 22.5 Å². The molecule has 8 heteroatoms. The Kier molecular flexibility index (Phi) is 4.63. The van der Waals surface area contributed by atoms with Crippen LogP contribution in [0.15, 0.2) is 66.7 Å². The van der Waals surface area contributed by atoms with Crippen molar-refractivity contribution in [2.75, 3.05) is 14.2 Å². The zero-order valence-electron chi connectivity index (χ0n) is 15.5. The summed E-state index contributed by atoms with van der Waals surface area (Å²) in [5.41, 5.74) is 5.70. The molecule has 0 spiro atoms. The molecule has 0 atom stereocenters. The van der Waals surface area contributed by atoms with Gasteiger partial charge >= 0.3 is 17.6 Å². The van der Waals surface area contributed by atoms with E-state index in [1.165, 1.54) is 20.3 Å². The molecule has 146 valence electrons. The number of ether oxygens (including phenoxy) is 2. The van der Waals surface area contributed by atoms with E-state index in [1.807, 2.05) is 36.4 Å². The topological polar surface area (TPSA) is 109 Å². The van der Waals surface area contributed by atoms with Crippen LogP contribution in [0.5, 0.6) is 0 Å². The molecule has 2 N–H and O–H groups in total. The minimum atomic E-state index is -0.820. The van der Waals surface area contributed by atoms with Gasteiger partial charge in [0, 0.05) is 15.7 Å². The number of hydrogen-bond donors (Lipinski definition) is 1. The molecule has 1 aliphatic rings. The lowest BCUT2D eigenvalue weighted by atomic mass is 10.0. The molecule has 4 rings (SSSR count). The van der Waals surface area contributed by atoms with Gasteiger partial charge < -0.3 is 19.6 Å². The summed E-state index contributed by atoms with van der Waals surface area (Å²) in [6, 6.07) is 11.2. The molecule has 0 unspecified atom stereocenters. The monoisotopic (exact) mass is 409 g/mol. The van der Waals surface area contributed by atoms with Crippen molar-refractivity contribution in [3.05, 3.63) is 68.6 Å². The molecule has 0 bridgehead atoms. The second kappa shape index (κ2) is 7.14. The molecule has 0 radical (unpaired) electrons. The van der Waals surface area contributed by atoms with Gasteiger partial charge in [-0.1, -0.05) is 42.1 Å². The number of methoxy groups -OCH3 is 2. The third-order valence-electron chi connectivity index (χ3n) is 4.59. The number of fused-ring (bicyclic) bond motifs is 5. The quantitative estimate of drug-likeness (QED) is 0.391. The van der Waals surface area contributed by atoms with E-state index >= 15 is 0 Å². The highest BCUT2D eigenvalue weighted by atomic mass is 32.2.